The second kappa shape index (κ2) is 6.55. The highest BCUT2D eigenvalue weighted by Gasteiger charge is 2.24. The molecule has 18 heavy (non-hydrogen) atoms. The van der Waals surface area contributed by atoms with Crippen molar-refractivity contribution in [1.82, 2.24) is 5.32 Å². The Labute approximate surface area is 114 Å². The summed E-state index contributed by atoms with van der Waals surface area (Å²) in [6.07, 6.45) is 0.596. The average Bonchev–Trinajstić information content (AvgIpc) is 2.29. The summed E-state index contributed by atoms with van der Waals surface area (Å²) in [6, 6.07) is 6.52. The molecule has 1 aromatic carbocycles. The minimum absolute atomic E-state index is 0.187. The standard InChI is InChI=1S/C13H20ClNO2S/c1-4-15-10(2)9-11(3)18(16,17)13-7-5-12(14)6-8-13/h5-8,10-11,15H,4,9H2,1-3H3. The molecule has 0 aliphatic carbocycles. The van der Waals surface area contributed by atoms with E-state index in [1.807, 2.05) is 13.8 Å². The Kier molecular flexibility index (Phi) is 5.63. The maximum atomic E-state index is 12.3. The molecule has 0 radical (unpaired) electrons. The van der Waals surface area contributed by atoms with E-state index in [0.29, 0.717) is 16.3 Å². The number of nitrogens with one attached hydrogen (secondary N) is 1. The molecule has 102 valence electrons. The lowest BCUT2D eigenvalue weighted by Crippen LogP contribution is -2.32. The van der Waals surface area contributed by atoms with Gasteiger partial charge < -0.3 is 5.32 Å². The quantitative estimate of drug-likeness (QED) is 0.876. The molecule has 5 heteroatoms. The molecule has 0 saturated heterocycles. The van der Waals surface area contributed by atoms with E-state index in [-0.39, 0.29) is 6.04 Å². The van der Waals surface area contributed by atoms with E-state index in [9.17, 15) is 8.42 Å². The van der Waals surface area contributed by atoms with Crippen LogP contribution in [0.5, 0.6) is 0 Å². The third-order valence-corrected chi connectivity index (χ3v) is 5.34. The minimum atomic E-state index is -3.27. The predicted molar refractivity (Wildman–Crippen MR) is 75.9 cm³/mol. The SMILES string of the molecule is CCNC(C)CC(C)S(=O)(=O)c1ccc(Cl)cc1. The van der Waals surface area contributed by atoms with Crippen LogP contribution in [-0.4, -0.2) is 26.3 Å². The Morgan fingerprint density at radius 1 is 1.22 bits per heavy atom. The van der Waals surface area contributed by atoms with Crippen molar-refractivity contribution in [2.45, 2.75) is 43.4 Å². The third kappa shape index (κ3) is 3.97. The lowest BCUT2D eigenvalue weighted by molar-refractivity contribution is 0.509. The van der Waals surface area contributed by atoms with Crippen molar-refractivity contribution in [1.29, 1.82) is 0 Å². The number of hydrogen-bond donors (Lipinski definition) is 1. The summed E-state index contributed by atoms with van der Waals surface area (Å²) in [5, 5.41) is 3.36. The van der Waals surface area contributed by atoms with Gasteiger partial charge in [0.2, 0.25) is 0 Å². The topological polar surface area (TPSA) is 46.2 Å². The van der Waals surface area contributed by atoms with Gasteiger partial charge in [-0.1, -0.05) is 18.5 Å². The minimum Gasteiger partial charge on any atom is -0.314 e. The summed E-state index contributed by atoms with van der Waals surface area (Å²) in [4.78, 5) is 0.336. The molecule has 0 aromatic heterocycles. The number of halogens is 1. The van der Waals surface area contributed by atoms with Crippen molar-refractivity contribution in [3.05, 3.63) is 29.3 Å². The first-order chi connectivity index (χ1) is 8.37. The third-order valence-electron chi connectivity index (χ3n) is 2.91. The van der Waals surface area contributed by atoms with Crippen LogP contribution in [0, 0.1) is 0 Å². The van der Waals surface area contributed by atoms with Crippen LogP contribution in [0.15, 0.2) is 29.2 Å². The molecule has 1 N–H and O–H groups in total. The average molecular weight is 290 g/mol. The van der Waals surface area contributed by atoms with Gasteiger partial charge >= 0.3 is 0 Å². The van der Waals surface area contributed by atoms with E-state index in [0.717, 1.165) is 6.54 Å². The van der Waals surface area contributed by atoms with E-state index >= 15 is 0 Å². The molecular formula is C13H20ClNO2S. The predicted octanol–water partition coefficient (Wildman–Crippen LogP) is 2.89. The highest BCUT2D eigenvalue weighted by molar-refractivity contribution is 7.92. The van der Waals surface area contributed by atoms with E-state index in [1.165, 1.54) is 0 Å². The lowest BCUT2D eigenvalue weighted by atomic mass is 10.2. The Hall–Kier alpha value is -0.580. The monoisotopic (exact) mass is 289 g/mol. The van der Waals surface area contributed by atoms with Gasteiger partial charge in [0.05, 0.1) is 10.1 Å². The van der Waals surface area contributed by atoms with E-state index in [1.54, 1.807) is 31.2 Å². The van der Waals surface area contributed by atoms with Gasteiger partial charge in [-0.05, 0) is 51.1 Å². The number of hydrogen-bond acceptors (Lipinski definition) is 3. The van der Waals surface area contributed by atoms with Gasteiger partial charge in [0, 0.05) is 11.1 Å². The van der Waals surface area contributed by atoms with Crippen LogP contribution in [-0.2, 0) is 9.84 Å². The summed E-state index contributed by atoms with van der Waals surface area (Å²) in [7, 11) is -3.27. The molecule has 2 atom stereocenters. The van der Waals surface area contributed by atoms with Gasteiger partial charge in [0.25, 0.3) is 0 Å². The summed E-state index contributed by atoms with van der Waals surface area (Å²) in [5.41, 5.74) is 0. The molecular weight excluding hydrogens is 270 g/mol. The van der Waals surface area contributed by atoms with Crippen molar-refractivity contribution in [2.75, 3.05) is 6.54 Å². The highest BCUT2D eigenvalue weighted by Crippen LogP contribution is 2.21. The van der Waals surface area contributed by atoms with Crippen LogP contribution in [0.25, 0.3) is 0 Å². The van der Waals surface area contributed by atoms with Crippen molar-refractivity contribution in [2.24, 2.45) is 0 Å². The fraction of sp³-hybridized carbons (Fsp3) is 0.538. The van der Waals surface area contributed by atoms with E-state index in [4.69, 9.17) is 11.6 Å². The zero-order valence-corrected chi connectivity index (χ0v) is 12.6. The molecule has 2 unspecified atom stereocenters. The summed E-state index contributed by atoms with van der Waals surface area (Å²) in [6.45, 7) is 6.60. The van der Waals surface area contributed by atoms with Crippen LogP contribution in [0.1, 0.15) is 27.2 Å². The Morgan fingerprint density at radius 2 is 1.78 bits per heavy atom. The lowest BCUT2D eigenvalue weighted by Gasteiger charge is -2.18. The Bertz CT molecular complexity index is 470. The van der Waals surface area contributed by atoms with E-state index < -0.39 is 15.1 Å². The smallest absolute Gasteiger partial charge is 0.181 e. The molecule has 0 heterocycles. The van der Waals surface area contributed by atoms with Crippen LogP contribution in [0.3, 0.4) is 0 Å². The number of rotatable bonds is 6. The second-order valence-corrected chi connectivity index (χ2v) is 7.31. The molecule has 1 rings (SSSR count). The van der Waals surface area contributed by atoms with Crippen molar-refractivity contribution in [3.8, 4) is 0 Å². The molecule has 0 saturated carbocycles. The fourth-order valence-corrected chi connectivity index (χ4v) is 3.56. The Morgan fingerprint density at radius 3 is 2.28 bits per heavy atom. The molecule has 3 nitrogen and oxygen atoms in total. The second-order valence-electron chi connectivity index (χ2n) is 4.50. The normalized spacial score (nSPS) is 15.3. The molecule has 0 amide bonds. The highest BCUT2D eigenvalue weighted by atomic mass is 35.5. The summed E-state index contributed by atoms with van der Waals surface area (Å²) < 4.78 is 24.6. The van der Waals surface area contributed by atoms with E-state index in [2.05, 4.69) is 5.32 Å². The zero-order valence-electron chi connectivity index (χ0n) is 11.0. The van der Waals surface area contributed by atoms with Crippen molar-refractivity contribution >= 4 is 21.4 Å². The number of sulfone groups is 1. The summed E-state index contributed by atoms with van der Waals surface area (Å²) in [5.74, 6) is 0. The summed E-state index contributed by atoms with van der Waals surface area (Å²) >= 11 is 5.76. The molecule has 1 aromatic rings. The first-order valence-corrected chi connectivity index (χ1v) is 8.03. The molecule has 0 aliphatic rings. The van der Waals surface area contributed by atoms with Gasteiger partial charge in [-0.3, -0.25) is 0 Å². The first-order valence-electron chi connectivity index (χ1n) is 6.10. The molecule has 0 bridgehead atoms. The van der Waals surface area contributed by atoms with Crippen LogP contribution < -0.4 is 5.32 Å². The maximum absolute atomic E-state index is 12.3. The van der Waals surface area contributed by atoms with Crippen molar-refractivity contribution < 1.29 is 8.42 Å². The largest absolute Gasteiger partial charge is 0.314 e. The molecule has 0 aliphatic heterocycles. The molecule has 0 spiro atoms. The Balaban J connectivity index is 2.83. The van der Waals surface area contributed by atoms with Crippen LogP contribution in [0.2, 0.25) is 5.02 Å². The zero-order chi connectivity index (χ0) is 13.8. The first kappa shape index (κ1) is 15.5. The van der Waals surface area contributed by atoms with Gasteiger partial charge in [0.1, 0.15) is 0 Å². The van der Waals surface area contributed by atoms with Crippen molar-refractivity contribution in [3.63, 3.8) is 0 Å². The van der Waals surface area contributed by atoms with Gasteiger partial charge in [-0.15, -0.1) is 0 Å². The number of benzene rings is 1. The maximum Gasteiger partial charge on any atom is 0.181 e. The van der Waals surface area contributed by atoms with Gasteiger partial charge in [0.15, 0.2) is 9.84 Å². The van der Waals surface area contributed by atoms with Gasteiger partial charge in [-0.25, -0.2) is 8.42 Å². The van der Waals surface area contributed by atoms with Crippen LogP contribution >= 0.6 is 11.6 Å². The van der Waals surface area contributed by atoms with Gasteiger partial charge in [-0.2, -0.15) is 0 Å². The molecule has 0 fully saturated rings. The van der Waals surface area contributed by atoms with Crippen LogP contribution in [0.4, 0.5) is 0 Å². The fourth-order valence-electron chi connectivity index (χ4n) is 1.91.